The number of carbonyl (C=O) groups is 2. The molecule has 31 heavy (non-hydrogen) atoms. The van der Waals surface area contributed by atoms with Crippen LogP contribution in [-0.4, -0.2) is 76.4 Å². The van der Waals surface area contributed by atoms with Crippen LogP contribution in [0.15, 0.2) is 34.1 Å². The van der Waals surface area contributed by atoms with E-state index in [4.69, 9.17) is 16.4 Å². The van der Waals surface area contributed by atoms with Crippen molar-refractivity contribution in [2.45, 2.75) is 5.92 Å². The fraction of sp³-hybridized carbons (Fsp3) is 0.429. The van der Waals surface area contributed by atoms with Crippen molar-refractivity contribution in [3.8, 4) is 0 Å². The molecule has 1 fully saturated rings. The van der Waals surface area contributed by atoms with E-state index in [0.29, 0.717) is 34.5 Å². The van der Waals surface area contributed by atoms with Gasteiger partial charge in [-0.3, -0.25) is 4.79 Å². The van der Waals surface area contributed by atoms with Gasteiger partial charge in [-0.15, -0.1) is 28.6 Å². The van der Waals surface area contributed by atoms with Crippen LogP contribution in [0.2, 0.25) is 5.15 Å². The predicted molar refractivity (Wildman–Crippen MR) is 123 cm³/mol. The molecule has 2 atom stereocenters. The Morgan fingerprint density at radius 3 is 2.65 bits per heavy atom. The molecule has 10 heteroatoms. The second-order valence-electron chi connectivity index (χ2n) is 7.77. The average Bonchev–Trinajstić information content (AvgIpc) is 3.07. The van der Waals surface area contributed by atoms with Gasteiger partial charge in [-0.1, -0.05) is 11.6 Å². The predicted octanol–water partition coefficient (Wildman–Crippen LogP) is 2.96. The molecule has 0 spiro atoms. The largest absolute Gasteiger partial charge is 0.367 e. The number of aromatic nitrogens is 2. The molecule has 5 rings (SSSR count). The number of likely N-dealkylation sites (N-methyl/N-ethyl adjacent to an activating group) is 1. The number of nitrogens with zero attached hydrogens (tertiary/aromatic N) is 4. The number of hydroxylamine groups is 2. The van der Waals surface area contributed by atoms with Gasteiger partial charge in [-0.05, 0) is 31.3 Å². The number of hydrogen-bond acceptors (Lipinski definition) is 9. The van der Waals surface area contributed by atoms with Crippen LogP contribution < -0.4 is 0 Å². The first kappa shape index (κ1) is 21.2. The minimum absolute atomic E-state index is 0.0543. The zero-order chi connectivity index (χ0) is 21.5. The first-order chi connectivity index (χ1) is 15.0. The van der Waals surface area contributed by atoms with E-state index >= 15 is 0 Å². The molecule has 0 amide bonds. The molecular weight excluding hydrogens is 455 g/mol. The van der Waals surface area contributed by atoms with Gasteiger partial charge in [0, 0.05) is 48.0 Å². The van der Waals surface area contributed by atoms with Crippen LogP contribution in [0.25, 0.3) is 11.0 Å². The fourth-order valence-electron chi connectivity index (χ4n) is 4.07. The molecule has 0 bridgehead atoms. The molecule has 1 aliphatic carbocycles. The lowest BCUT2D eigenvalue weighted by molar-refractivity contribution is -0.201. The highest BCUT2D eigenvalue weighted by molar-refractivity contribution is 8.10. The van der Waals surface area contributed by atoms with Crippen molar-refractivity contribution in [2.24, 2.45) is 5.92 Å². The van der Waals surface area contributed by atoms with Crippen LogP contribution in [0.3, 0.4) is 0 Å². The quantitative estimate of drug-likeness (QED) is 0.622. The summed E-state index contributed by atoms with van der Waals surface area (Å²) in [5.74, 6) is -0.100. The van der Waals surface area contributed by atoms with Gasteiger partial charge in [-0.25, -0.2) is 14.8 Å². The minimum atomic E-state index is -0.701. The lowest BCUT2D eigenvalue weighted by Crippen LogP contribution is -2.46. The van der Waals surface area contributed by atoms with Crippen molar-refractivity contribution in [1.29, 1.82) is 0 Å². The Balaban J connectivity index is 1.49. The Labute approximate surface area is 193 Å². The zero-order valence-corrected chi connectivity index (χ0v) is 19.3. The molecule has 0 saturated carbocycles. The summed E-state index contributed by atoms with van der Waals surface area (Å²) < 4.78 is 0. The maximum Gasteiger partial charge on any atom is 0.334 e. The number of thioether (sulfide) groups is 2. The molecule has 2 aliphatic heterocycles. The molecule has 3 aliphatic rings. The van der Waals surface area contributed by atoms with Crippen LogP contribution in [0, 0.1) is 5.92 Å². The Hall–Kier alpha value is -1.65. The number of ketones is 1. The highest BCUT2D eigenvalue weighted by atomic mass is 35.5. The Bertz CT molecular complexity index is 1090. The minimum Gasteiger partial charge on any atom is -0.367 e. The van der Waals surface area contributed by atoms with Crippen LogP contribution in [0.4, 0.5) is 0 Å². The van der Waals surface area contributed by atoms with E-state index in [2.05, 4.69) is 14.9 Å². The van der Waals surface area contributed by atoms with E-state index < -0.39 is 11.8 Å². The summed E-state index contributed by atoms with van der Waals surface area (Å²) in [6, 6.07) is 7.22. The lowest BCUT2D eigenvalue weighted by Gasteiger charge is -2.32. The maximum absolute atomic E-state index is 13.4. The van der Waals surface area contributed by atoms with E-state index in [1.54, 1.807) is 22.9 Å². The number of pyridine rings is 2. The highest BCUT2D eigenvalue weighted by Crippen LogP contribution is 2.52. The number of halogens is 1. The number of carbonyl (C=O) groups excluding carboxylic acids is 2. The van der Waals surface area contributed by atoms with Gasteiger partial charge < -0.3 is 9.74 Å². The molecule has 0 aromatic carbocycles. The zero-order valence-electron chi connectivity index (χ0n) is 16.9. The van der Waals surface area contributed by atoms with Crippen molar-refractivity contribution in [3.05, 3.63) is 44.9 Å². The third-order valence-electron chi connectivity index (χ3n) is 5.73. The topological polar surface area (TPSA) is 75.6 Å². The van der Waals surface area contributed by atoms with E-state index in [-0.39, 0.29) is 11.8 Å². The van der Waals surface area contributed by atoms with Crippen molar-refractivity contribution in [2.75, 3.05) is 44.7 Å². The van der Waals surface area contributed by atoms with Crippen molar-refractivity contribution >= 4 is 57.9 Å². The van der Waals surface area contributed by atoms with E-state index in [9.17, 15) is 9.59 Å². The maximum atomic E-state index is 13.4. The molecule has 4 heterocycles. The van der Waals surface area contributed by atoms with Crippen molar-refractivity contribution in [1.82, 2.24) is 19.9 Å². The van der Waals surface area contributed by atoms with Gasteiger partial charge in [0.2, 0.25) is 0 Å². The lowest BCUT2D eigenvalue weighted by atomic mass is 9.90. The molecule has 162 valence electrons. The van der Waals surface area contributed by atoms with Crippen molar-refractivity contribution < 1.29 is 14.4 Å². The number of fused-ring (bicyclic) bond motifs is 1. The van der Waals surface area contributed by atoms with Gasteiger partial charge in [0.1, 0.15) is 11.1 Å². The monoisotopic (exact) mass is 475 g/mol. The SMILES string of the molecule is [11CH3]N1CCN(OC(=O)C2C3=C(SCCS3)C(=O)C2c2ccc3ccc(Cl)nc3n2)CC1. The second kappa shape index (κ2) is 8.71. The normalized spacial score (nSPS) is 25.2. The third kappa shape index (κ3) is 4.09. The molecule has 2 aromatic heterocycles. The summed E-state index contributed by atoms with van der Waals surface area (Å²) in [5, 5.41) is 2.87. The molecule has 2 unspecified atom stereocenters. The third-order valence-corrected chi connectivity index (χ3v) is 8.62. The summed E-state index contributed by atoms with van der Waals surface area (Å²) >= 11 is 9.16. The van der Waals surface area contributed by atoms with Gasteiger partial charge in [0.15, 0.2) is 11.4 Å². The number of hydrogen-bond donors (Lipinski definition) is 0. The Kier molecular flexibility index (Phi) is 5.96. The molecular formula is C21H21ClN4O3S2. The van der Waals surface area contributed by atoms with Crippen LogP contribution in [-0.2, 0) is 14.4 Å². The second-order valence-corrected chi connectivity index (χ2v) is 10.4. The average molecular weight is 476 g/mol. The van der Waals surface area contributed by atoms with Gasteiger partial charge in [0.25, 0.3) is 0 Å². The number of Topliss-reactive ketones (excluding diaryl/α,β-unsaturated/α-hetero) is 1. The van der Waals surface area contributed by atoms with Gasteiger partial charge in [-0.2, -0.15) is 0 Å². The summed E-state index contributed by atoms with van der Waals surface area (Å²) in [6.07, 6.45) is 0. The first-order valence-electron chi connectivity index (χ1n) is 10.1. The molecule has 0 radical (unpaired) electrons. The highest BCUT2D eigenvalue weighted by Gasteiger charge is 2.50. The summed E-state index contributed by atoms with van der Waals surface area (Å²) in [4.78, 5) is 45.1. The van der Waals surface area contributed by atoms with Crippen LogP contribution in [0.1, 0.15) is 11.6 Å². The fourth-order valence-corrected chi connectivity index (χ4v) is 6.84. The van der Waals surface area contributed by atoms with Gasteiger partial charge >= 0.3 is 5.97 Å². The number of rotatable bonds is 3. The summed E-state index contributed by atoms with van der Waals surface area (Å²) in [6.45, 7) is 2.96. The van der Waals surface area contributed by atoms with E-state index in [1.165, 1.54) is 11.8 Å². The molecule has 0 N–H and O–H groups in total. The summed E-state index contributed by atoms with van der Waals surface area (Å²) in [5.41, 5.74) is 0.998. The van der Waals surface area contributed by atoms with Crippen LogP contribution >= 0.6 is 35.1 Å². The summed E-state index contributed by atoms with van der Waals surface area (Å²) in [7, 11) is 2.05. The Morgan fingerprint density at radius 2 is 1.84 bits per heavy atom. The van der Waals surface area contributed by atoms with E-state index in [1.807, 2.05) is 25.2 Å². The van der Waals surface area contributed by atoms with Crippen molar-refractivity contribution in [3.63, 3.8) is 0 Å². The van der Waals surface area contributed by atoms with Crippen LogP contribution in [0.5, 0.6) is 0 Å². The number of allylic oxidation sites excluding steroid dienone is 1. The number of piperazine rings is 1. The Morgan fingerprint density at radius 1 is 1.10 bits per heavy atom. The molecule has 1 saturated heterocycles. The van der Waals surface area contributed by atoms with Gasteiger partial charge in [0.05, 0.1) is 16.5 Å². The van der Waals surface area contributed by atoms with E-state index in [0.717, 1.165) is 34.9 Å². The molecule has 2 aromatic rings. The standard InChI is InChI=1S/C21H21ClN4O3S2/c1-25-6-8-26(9-7-25)29-21(28)16-15(17(27)19-18(16)30-10-11-31-19)13-4-2-12-3-5-14(22)24-20(12)23-13/h2-5,15-16H,6-11H2,1H3/i1-1. The first-order valence-corrected chi connectivity index (χ1v) is 12.5. The molecule has 7 nitrogen and oxygen atoms in total. The smallest absolute Gasteiger partial charge is 0.334 e.